The van der Waals surface area contributed by atoms with Gasteiger partial charge in [-0.15, -0.1) is 5.43 Å². The number of non-ortho nitro benzene ring substituents is 1. The van der Waals surface area contributed by atoms with Crippen LogP contribution < -0.4 is 98.8 Å². The van der Waals surface area contributed by atoms with Gasteiger partial charge in [0.25, 0.3) is 11.4 Å². The molecule has 0 aliphatic rings. The number of nitrogens with one attached hydrogen (secondary N) is 1. The molecule has 0 aliphatic heterocycles. The minimum absolute atomic E-state index is 0. The predicted octanol–water partition coefficient (Wildman–Crippen LogP) is -4.73. The van der Waals surface area contributed by atoms with E-state index < -0.39 is 55.7 Å². The van der Waals surface area contributed by atoms with Gasteiger partial charge in [-0.25, -0.2) is 25.3 Å². The molecule has 4 aromatic carbocycles. The number of nitro benzene ring substituents is 1. The summed E-state index contributed by atoms with van der Waals surface area (Å²) in [6.07, 6.45) is -0.599. The molecule has 0 aliphatic carbocycles. The molecule has 0 aromatic heterocycles. The molecular weight excluding hydrogens is 780 g/mol. The second-order valence-corrected chi connectivity index (χ2v) is 14.2. The number of hydrogen-bond acceptors (Lipinski definition) is 15. The van der Waals surface area contributed by atoms with Crippen molar-refractivity contribution in [2.45, 2.75) is 34.5 Å². The van der Waals surface area contributed by atoms with Gasteiger partial charge in [0.05, 0.1) is 43.0 Å². The zero-order chi connectivity index (χ0) is 36.3. The second-order valence-electron chi connectivity index (χ2n) is 10.1. The molecule has 0 saturated carbocycles. The normalized spacial score (nSPS) is 11.5. The topological polar surface area (TPSA) is 281 Å². The summed E-state index contributed by atoms with van der Waals surface area (Å²) in [5.74, 6) is 0.0914. The first-order valence-corrected chi connectivity index (χ1v) is 17.7. The van der Waals surface area contributed by atoms with Gasteiger partial charge in [-0.1, -0.05) is 12.1 Å². The summed E-state index contributed by atoms with van der Waals surface area (Å²) in [7, 11) is -13.7. The molecule has 0 atom stereocenters. The number of ether oxygens (including phenoxy) is 1. The fourth-order valence-electron chi connectivity index (χ4n) is 4.48. The Labute approximate surface area is 364 Å². The summed E-state index contributed by atoms with van der Waals surface area (Å²) in [4.78, 5) is 21.3. The van der Waals surface area contributed by atoms with E-state index in [1.807, 2.05) is 0 Å². The van der Waals surface area contributed by atoms with E-state index in [4.69, 9.17) is 4.74 Å². The van der Waals surface area contributed by atoms with Crippen molar-refractivity contribution in [2.24, 2.45) is 10.2 Å². The number of hydrazine groups is 1. The Morgan fingerprint density at radius 3 is 1.65 bits per heavy atom. The fraction of sp³-hybridized carbons (Fsp3) is 0.143. The molecule has 258 valence electrons. The van der Waals surface area contributed by atoms with Crippen molar-refractivity contribution in [1.82, 2.24) is 0 Å². The van der Waals surface area contributed by atoms with Crippen molar-refractivity contribution in [3.8, 4) is 5.75 Å². The van der Waals surface area contributed by atoms with E-state index in [9.17, 15) is 53.9 Å². The van der Waals surface area contributed by atoms with Crippen molar-refractivity contribution in [2.75, 3.05) is 12.5 Å². The van der Waals surface area contributed by atoms with Gasteiger partial charge in [0.15, 0.2) is 4.87 Å². The molecule has 0 fully saturated rings. The predicted molar refractivity (Wildman–Crippen MR) is 166 cm³/mol. The van der Waals surface area contributed by atoms with Crippen LogP contribution in [0.15, 0.2) is 97.7 Å². The van der Waals surface area contributed by atoms with Gasteiger partial charge in [-0.05, 0) is 66.8 Å². The van der Waals surface area contributed by atoms with Crippen LogP contribution in [-0.4, -0.2) is 55.8 Å². The zero-order valence-corrected chi connectivity index (χ0v) is 36.6. The van der Waals surface area contributed by atoms with Crippen molar-refractivity contribution >= 4 is 58.8 Å². The maximum Gasteiger partial charge on any atom is 1.00 e. The SMILES string of the molecule is COc1cc(N=Nc2ccc(S(=O)(=O)[O-])cc2)c(C)cc1N[N+](=O)c1ccc(CCc2ccc([N+](=O)[O-])cc2S(=O)(=O)[O-])c(S(=O)(=O)[O-])c1.[Na+].[Na+].[Na+]. The van der Waals surface area contributed by atoms with E-state index >= 15 is 0 Å². The molecule has 4 rings (SSSR count). The Bertz CT molecular complexity index is 2340. The van der Waals surface area contributed by atoms with Crippen LogP contribution in [0, 0.1) is 21.9 Å². The molecule has 0 bridgehead atoms. The molecule has 0 heterocycles. The van der Waals surface area contributed by atoms with E-state index in [1.54, 1.807) is 6.92 Å². The number of aryl methyl sites for hydroxylation is 3. The molecule has 4 aromatic rings. The average Bonchev–Trinajstić information content (AvgIpc) is 3.02. The van der Waals surface area contributed by atoms with Crippen LogP contribution >= 0.6 is 0 Å². The second kappa shape index (κ2) is 19.4. The summed E-state index contributed by atoms with van der Waals surface area (Å²) in [5.41, 5.74) is 2.31. The summed E-state index contributed by atoms with van der Waals surface area (Å²) >= 11 is 0. The van der Waals surface area contributed by atoms with E-state index in [2.05, 4.69) is 15.7 Å². The van der Waals surface area contributed by atoms with Gasteiger partial charge in [-0.2, -0.15) is 10.2 Å². The Morgan fingerprint density at radius 1 is 0.692 bits per heavy atom. The van der Waals surface area contributed by atoms with Crippen LogP contribution in [0.5, 0.6) is 5.75 Å². The molecule has 52 heavy (non-hydrogen) atoms. The number of nitrogens with zero attached hydrogens (tertiary/aromatic N) is 4. The van der Waals surface area contributed by atoms with Gasteiger partial charge < -0.3 is 18.4 Å². The Morgan fingerprint density at radius 2 is 1.19 bits per heavy atom. The van der Waals surface area contributed by atoms with Gasteiger partial charge in [-0.3, -0.25) is 10.1 Å². The maximum absolute atomic E-state index is 13.1. The molecule has 18 nitrogen and oxygen atoms in total. The quantitative estimate of drug-likeness (QED) is 0.0332. The smallest absolute Gasteiger partial charge is 0.744 e. The zero-order valence-electron chi connectivity index (χ0n) is 28.2. The summed E-state index contributed by atoms with van der Waals surface area (Å²) in [6, 6.07) is 13.3. The Hall–Kier alpha value is -2.19. The standard InChI is InChI=1S/C28H25N5O13S3.3Na/c1-17-13-25(26(46-2)16-24(17)30-29-20-7-11-23(12-8-20)47(37,38)39)31-32(34)21-9-5-18(27(14-21)48(40,41)42)3-4-19-6-10-22(33(35)36)15-28(19)49(43,44)45;;;/h5-16H,3-4H2,1-2H3,(H3-,31,34,37,38,39,40,41,42,43,44,45);;;/q;3*+1/p-2. The number of nitroso groups, excluding NO2 is 1. The Kier molecular flexibility index (Phi) is 17.9. The molecule has 0 saturated heterocycles. The first-order chi connectivity index (χ1) is 22.8. The van der Waals surface area contributed by atoms with E-state index in [0.717, 1.165) is 36.4 Å². The largest absolute Gasteiger partial charge is 1.00 e. The van der Waals surface area contributed by atoms with Crippen molar-refractivity contribution < 1.29 is 142 Å². The monoisotopic (exact) mass is 802 g/mol. The van der Waals surface area contributed by atoms with Crippen LogP contribution in [0.2, 0.25) is 0 Å². The van der Waals surface area contributed by atoms with Crippen molar-refractivity contribution in [3.63, 3.8) is 0 Å². The number of rotatable bonds is 13. The number of anilines is 1. The van der Waals surface area contributed by atoms with Gasteiger partial charge in [0.1, 0.15) is 41.8 Å². The van der Waals surface area contributed by atoms with Gasteiger partial charge >= 0.3 is 88.7 Å². The minimum Gasteiger partial charge on any atom is -0.744 e. The molecule has 0 amide bonds. The van der Waals surface area contributed by atoms with E-state index in [0.29, 0.717) is 11.6 Å². The van der Waals surface area contributed by atoms with Crippen LogP contribution in [0.1, 0.15) is 16.7 Å². The third-order valence-electron chi connectivity index (χ3n) is 6.89. The van der Waals surface area contributed by atoms with Crippen LogP contribution in [0.4, 0.5) is 28.4 Å². The first kappa shape index (κ1) is 47.8. The third kappa shape index (κ3) is 12.4. The third-order valence-corrected chi connectivity index (χ3v) is 9.57. The molecule has 0 spiro atoms. The number of methoxy groups -OCH3 is 1. The summed E-state index contributed by atoms with van der Waals surface area (Å²) in [6.45, 7) is 1.62. The molecule has 0 unspecified atom stereocenters. The van der Waals surface area contributed by atoms with Crippen molar-refractivity contribution in [3.05, 3.63) is 105 Å². The maximum atomic E-state index is 13.1. The van der Waals surface area contributed by atoms with Crippen LogP contribution in [0.25, 0.3) is 0 Å². The number of azo groups is 1. The molecule has 24 heteroatoms. The van der Waals surface area contributed by atoms with E-state index in [-0.39, 0.29) is 146 Å². The molecule has 1 N–H and O–H groups in total. The molecular formula is C28H23N5Na3O13S3+. The van der Waals surface area contributed by atoms with Crippen LogP contribution in [-0.2, 0) is 43.2 Å². The fourth-order valence-corrected chi connectivity index (χ4v) is 6.46. The Balaban J connectivity index is 0.00000451. The van der Waals surface area contributed by atoms with Gasteiger partial charge in [0, 0.05) is 30.3 Å². The summed E-state index contributed by atoms with van der Waals surface area (Å²) in [5, 5.41) is 19.1. The summed E-state index contributed by atoms with van der Waals surface area (Å²) < 4.78 is 110. The van der Waals surface area contributed by atoms with Crippen molar-refractivity contribution in [1.29, 1.82) is 0 Å². The first-order valence-electron chi connectivity index (χ1n) is 13.5. The van der Waals surface area contributed by atoms with Gasteiger partial charge in [0.2, 0.25) is 0 Å². The number of benzene rings is 4. The minimum atomic E-state index is -5.19. The number of nitro groups is 1. The van der Waals surface area contributed by atoms with Crippen LogP contribution in [0.3, 0.4) is 0 Å². The average molecular weight is 803 g/mol. The molecule has 0 radical (unpaired) electrons. The number of hydrogen-bond donors (Lipinski definition) is 1. The van der Waals surface area contributed by atoms with E-state index in [1.165, 1.54) is 37.4 Å².